The van der Waals surface area contributed by atoms with Gasteiger partial charge in [0.1, 0.15) is 17.9 Å². The smallest absolute Gasteiger partial charge is 0.347 e. The molecule has 0 radical (unpaired) electrons. The summed E-state index contributed by atoms with van der Waals surface area (Å²) in [7, 11) is 0. The van der Waals surface area contributed by atoms with Crippen molar-refractivity contribution in [3.05, 3.63) is 62.4 Å². The fourth-order valence-electron chi connectivity index (χ4n) is 6.01. The molecule has 1 aromatic heterocycles. The summed E-state index contributed by atoms with van der Waals surface area (Å²) in [4.78, 5) is 65.7. The summed E-state index contributed by atoms with van der Waals surface area (Å²) in [6.45, 7) is 6.73. The Labute approximate surface area is 288 Å². The number of unbranched alkanes of at least 4 members (excludes halogenated alkanes) is 10. The van der Waals surface area contributed by atoms with E-state index in [1.54, 1.807) is 6.92 Å². The first-order valence-electron chi connectivity index (χ1n) is 17.8. The lowest BCUT2D eigenvalue weighted by molar-refractivity contribution is -0.159. The fourth-order valence-corrected chi connectivity index (χ4v) is 6.01. The van der Waals surface area contributed by atoms with E-state index < -0.39 is 53.8 Å². The number of benzene rings is 1. The van der Waals surface area contributed by atoms with E-state index in [4.69, 9.17) is 18.9 Å². The van der Waals surface area contributed by atoms with Crippen molar-refractivity contribution in [2.75, 3.05) is 6.61 Å². The van der Waals surface area contributed by atoms with Crippen LogP contribution in [-0.2, 0) is 39.9 Å². The van der Waals surface area contributed by atoms with Crippen molar-refractivity contribution in [3.8, 4) is 0 Å². The van der Waals surface area contributed by atoms with Crippen molar-refractivity contribution < 1.29 is 33.3 Å². The van der Waals surface area contributed by atoms with E-state index in [1.807, 2.05) is 30.3 Å². The largest absolute Gasteiger partial charge is 0.466 e. The molecule has 1 amide bonds. The molecule has 1 unspecified atom stereocenters. The molecule has 3 rings (SSSR count). The molecule has 0 bridgehead atoms. The number of rotatable bonds is 22. The maximum absolute atomic E-state index is 13.3. The Morgan fingerprint density at radius 3 is 2.18 bits per heavy atom. The van der Waals surface area contributed by atoms with Gasteiger partial charge in [-0.25, -0.2) is 4.79 Å². The molecule has 5 atom stereocenters. The van der Waals surface area contributed by atoms with Crippen LogP contribution in [0.4, 0.5) is 0 Å². The first kappa shape index (κ1) is 39.6. The second-order valence-corrected chi connectivity index (χ2v) is 12.6. The van der Waals surface area contributed by atoms with Crippen LogP contribution in [0, 0.1) is 6.92 Å². The van der Waals surface area contributed by atoms with E-state index in [0.717, 1.165) is 29.5 Å². The van der Waals surface area contributed by atoms with E-state index >= 15 is 0 Å². The van der Waals surface area contributed by atoms with E-state index in [2.05, 4.69) is 22.3 Å². The standard InChI is InChI=1S/C36H54N4O9/c1-5-7-8-9-10-11-12-13-14-15-19-22-29(42)37-28(23-30(43)46-6-2)31-32(47-24-27-20-17-16-18-21-27)33(48-26(4)41)35(49-31)40-36(45)38-34(44)25(3)39-40/h16-18,20-21,28,31-33,35H,5-15,19,22-24H2,1-4H3,(H,37,42)(H,38,44,45)/t28?,31-,32-,33+,35-/m0/s1. The zero-order chi connectivity index (χ0) is 35.6. The van der Waals surface area contributed by atoms with E-state index in [-0.39, 0.29) is 37.7 Å². The summed E-state index contributed by atoms with van der Waals surface area (Å²) in [6.07, 6.45) is 7.90. The number of amides is 1. The van der Waals surface area contributed by atoms with Gasteiger partial charge in [-0.05, 0) is 25.8 Å². The number of hydrogen-bond acceptors (Lipinski definition) is 10. The molecule has 1 saturated heterocycles. The van der Waals surface area contributed by atoms with Gasteiger partial charge >= 0.3 is 17.6 Å². The SMILES string of the molecule is CCCCCCCCCCCCCC(=O)NC(CC(=O)OCC)[C@@H]1O[C@H](n2nc(C)c(=O)[nH]c2=O)[C@H](OC(C)=O)[C@H]1OCc1ccccc1. The van der Waals surface area contributed by atoms with Gasteiger partial charge < -0.3 is 24.3 Å². The van der Waals surface area contributed by atoms with Crippen LogP contribution in [-0.4, -0.2) is 63.6 Å². The highest BCUT2D eigenvalue weighted by molar-refractivity contribution is 5.78. The van der Waals surface area contributed by atoms with Gasteiger partial charge in [-0.2, -0.15) is 9.78 Å². The zero-order valence-corrected chi connectivity index (χ0v) is 29.4. The molecule has 49 heavy (non-hydrogen) atoms. The Morgan fingerprint density at radius 1 is 0.939 bits per heavy atom. The molecule has 0 saturated carbocycles. The molecule has 0 spiro atoms. The molecule has 1 aliphatic rings. The number of aromatic amines is 1. The number of nitrogens with one attached hydrogen (secondary N) is 2. The monoisotopic (exact) mass is 686 g/mol. The van der Waals surface area contributed by atoms with Gasteiger partial charge in [0.2, 0.25) is 5.91 Å². The normalized spacial score (nSPS) is 19.3. The molecule has 13 heteroatoms. The highest BCUT2D eigenvalue weighted by Gasteiger charge is 2.53. The van der Waals surface area contributed by atoms with Gasteiger partial charge in [0, 0.05) is 13.3 Å². The van der Waals surface area contributed by atoms with Gasteiger partial charge in [-0.1, -0.05) is 101 Å². The van der Waals surface area contributed by atoms with Crippen LogP contribution in [0.3, 0.4) is 0 Å². The number of nitrogens with zero attached hydrogens (tertiary/aromatic N) is 2. The fraction of sp³-hybridized carbons (Fsp3) is 0.667. The Balaban J connectivity index is 1.78. The number of aromatic nitrogens is 3. The zero-order valence-electron chi connectivity index (χ0n) is 29.4. The van der Waals surface area contributed by atoms with Crippen molar-refractivity contribution in [1.82, 2.24) is 20.1 Å². The van der Waals surface area contributed by atoms with E-state index in [9.17, 15) is 24.0 Å². The summed E-state index contributed by atoms with van der Waals surface area (Å²) in [6, 6.07) is 8.29. The summed E-state index contributed by atoms with van der Waals surface area (Å²) in [5.41, 5.74) is -0.767. The highest BCUT2D eigenvalue weighted by Crippen LogP contribution is 2.36. The lowest BCUT2D eigenvalue weighted by Crippen LogP contribution is -2.51. The van der Waals surface area contributed by atoms with Crippen molar-refractivity contribution in [3.63, 3.8) is 0 Å². The first-order valence-corrected chi connectivity index (χ1v) is 17.8. The second-order valence-electron chi connectivity index (χ2n) is 12.6. The molecule has 1 aliphatic heterocycles. The Morgan fingerprint density at radius 2 is 1.57 bits per heavy atom. The van der Waals surface area contributed by atoms with Crippen LogP contribution in [0.5, 0.6) is 0 Å². The van der Waals surface area contributed by atoms with Gasteiger partial charge in [0.15, 0.2) is 12.3 Å². The first-order chi connectivity index (χ1) is 23.6. The van der Waals surface area contributed by atoms with Crippen molar-refractivity contribution >= 4 is 17.8 Å². The number of H-pyrrole nitrogens is 1. The summed E-state index contributed by atoms with van der Waals surface area (Å²) < 4.78 is 24.4. The molecular formula is C36H54N4O9. The maximum Gasteiger partial charge on any atom is 0.347 e. The number of ether oxygens (including phenoxy) is 4. The van der Waals surface area contributed by atoms with Crippen molar-refractivity contribution in [2.45, 2.75) is 148 Å². The minimum atomic E-state index is -1.34. The van der Waals surface area contributed by atoms with Gasteiger partial charge in [0.05, 0.1) is 25.7 Å². The summed E-state index contributed by atoms with van der Waals surface area (Å²) in [5.74, 6) is -1.53. The number of esters is 2. The molecule has 1 fully saturated rings. The molecule has 2 aromatic rings. The Hall–Kier alpha value is -3.84. The molecule has 13 nitrogen and oxygen atoms in total. The minimum absolute atomic E-state index is 0.0154. The number of carbonyl (C=O) groups excluding carboxylic acids is 3. The maximum atomic E-state index is 13.3. The summed E-state index contributed by atoms with van der Waals surface area (Å²) in [5, 5.41) is 7.05. The van der Waals surface area contributed by atoms with Crippen LogP contribution in [0.15, 0.2) is 39.9 Å². The molecular weight excluding hydrogens is 632 g/mol. The Kier molecular flexibility index (Phi) is 17.2. The quantitative estimate of drug-likeness (QED) is 0.130. The van der Waals surface area contributed by atoms with Gasteiger partial charge in [-0.3, -0.25) is 24.2 Å². The average molecular weight is 687 g/mol. The van der Waals surface area contributed by atoms with Crippen LogP contribution in [0.2, 0.25) is 0 Å². The third-order valence-electron chi connectivity index (χ3n) is 8.51. The lowest BCUT2D eigenvalue weighted by atomic mass is 9.99. The molecule has 0 aliphatic carbocycles. The van der Waals surface area contributed by atoms with Crippen LogP contribution in [0.1, 0.15) is 122 Å². The predicted molar refractivity (Wildman–Crippen MR) is 183 cm³/mol. The predicted octanol–water partition coefficient (Wildman–Crippen LogP) is 4.79. The number of carbonyl (C=O) groups is 3. The van der Waals surface area contributed by atoms with E-state index in [1.165, 1.54) is 58.8 Å². The average Bonchev–Trinajstić information content (AvgIpc) is 3.41. The van der Waals surface area contributed by atoms with Gasteiger partial charge in [0.25, 0.3) is 5.56 Å². The van der Waals surface area contributed by atoms with Crippen molar-refractivity contribution in [2.24, 2.45) is 0 Å². The lowest BCUT2D eigenvalue weighted by Gasteiger charge is -2.29. The van der Waals surface area contributed by atoms with Gasteiger partial charge in [-0.15, -0.1) is 0 Å². The third kappa shape index (κ3) is 13.2. The van der Waals surface area contributed by atoms with Crippen molar-refractivity contribution in [1.29, 1.82) is 0 Å². The highest BCUT2D eigenvalue weighted by atomic mass is 16.6. The molecule has 1 aromatic carbocycles. The minimum Gasteiger partial charge on any atom is -0.466 e. The molecule has 2 N–H and O–H groups in total. The molecule has 2 heterocycles. The second kappa shape index (κ2) is 21.3. The summed E-state index contributed by atoms with van der Waals surface area (Å²) >= 11 is 0. The number of aryl methyl sites for hydroxylation is 1. The molecule has 272 valence electrons. The number of hydrogen-bond donors (Lipinski definition) is 2. The van der Waals surface area contributed by atoms with Crippen LogP contribution >= 0.6 is 0 Å². The Bertz CT molecular complexity index is 1430. The van der Waals surface area contributed by atoms with E-state index in [0.29, 0.717) is 6.42 Å². The van der Waals surface area contributed by atoms with Crippen LogP contribution < -0.4 is 16.6 Å². The topological polar surface area (TPSA) is 168 Å². The third-order valence-corrected chi connectivity index (χ3v) is 8.51. The van der Waals surface area contributed by atoms with Crippen LogP contribution in [0.25, 0.3) is 0 Å².